The Kier molecular flexibility index (Phi) is 2.57. The molecular formula is C12H17N5O. The van der Waals surface area contributed by atoms with Crippen molar-refractivity contribution in [2.75, 3.05) is 12.8 Å². The molecule has 0 amide bonds. The summed E-state index contributed by atoms with van der Waals surface area (Å²) < 4.78 is 7.14. The molecule has 1 atom stereocenters. The number of hydrogen-bond donors (Lipinski definition) is 1. The first-order chi connectivity index (χ1) is 8.70. The number of rotatable bonds is 4. The van der Waals surface area contributed by atoms with E-state index in [0.717, 1.165) is 18.1 Å². The van der Waals surface area contributed by atoms with E-state index in [1.807, 2.05) is 4.57 Å². The summed E-state index contributed by atoms with van der Waals surface area (Å²) in [7, 11) is 1.57. The highest BCUT2D eigenvalue weighted by Crippen LogP contribution is 2.38. The maximum atomic E-state index is 5.97. The van der Waals surface area contributed by atoms with E-state index in [9.17, 15) is 0 Å². The largest absolute Gasteiger partial charge is 0.479 e. The molecule has 0 radical (unpaired) electrons. The minimum atomic E-state index is 0.476. The summed E-state index contributed by atoms with van der Waals surface area (Å²) >= 11 is 0. The van der Waals surface area contributed by atoms with E-state index in [-0.39, 0.29) is 0 Å². The lowest BCUT2D eigenvalue weighted by Gasteiger charge is -2.12. The van der Waals surface area contributed by atoms with Crippen molar-refractivity contribution in [1.29, 1.82) is 0 Å². The highest BCUT2D eigenvalue weighted by Gasteiger charge is 2.29. The second-order valence-corrected chi connectivity index (χ2v) is 4.95. The quantitative estimate of drug-likeness (QED) is 0.884. The molecule has 6 heteroatoms. The molecule has 0 spiro atoms. The van der Waals surface area contributed by atoms with E-state index < -0.39 is 0 Å². The van der Waals surface area contributed by atoms with E-state index in [2.05, 4.69) is 21.9 Å². The van der Waals surface area contributed by atoms with Gasteiger partial charge in [-0.25, -0.2) is 9.97 Å². The van der Waals surface area contributed by atoms with Crippen molar-refractivity contribution < 1.29 is 4.74 Å². The van der Waals surface area contributed by atoms with Crippen LogP contribution in [0.2, 0.25) is 0 Å². The van der Waals surface area contributed by atoms with Crippen molar-refractivity contribution in [3.8, 4) is 5.88 Å². The Morgan fingerprint density at radius 1 is 1.50 bits per heavy atom. The van der Waals surface area contributed by atoms with Crippen molar-refractivity contribution in [2.45, 2.75) is 26.3 Å². The zero-order valence-corrected chi connectivity index (χ0v) is 10.6. The molecule has 1 aliphatic carbocycles. The van der Waals surface area contributed by atoms with Crippen LogP contribution in [0.5, 0.6) is 5.88 Å². The molecule has 2 N–H and O–H groups in total. The lowest BCUT2D eigenvalue weighted by atomic mass is 10.1. The van der Waals surface area contributed by atoms with E-state index in [4.69, 9.17) is 10.5 Å². The van der Waals surface area contributed by atoms with Crippen LogP contribution in [0, 0.1) is 11.8 Å². The zero-order chi connectivity index (χ0) is 12.7. The molecule has 96 valence electrons. The minimum Gasteiger partial charge on any atom is -0.479 e. The first kappa shape index (κ1) is 11.3. The molecule has 0 aliphatic heterocycles. The topological polar surface area (TPSA) is 78.8 Å². The SMILES string of the molecule is COc1ncnc2c1nc(N)n2CC(C)C1CC1. The Hall–Kier alpha value is -1.85. The minimum absolute atomic E-state index is 0.476. The summed E-state index contributed by atoms with van der Waals surface area (Å²) in [4.78, 5) is 12.6. The molecular weight excluding hydrogens is 230 g/mol. The first-order valence-electron chi connectivity index (χ1n) is 6.21. The third-order valence-electron chi connectivity index (χ3n) is 3.62. The number of ether oxygens (including phenoxy) is 1. The third kappa shape index (κ3) is 1.77. The second kappa shape index (κ2) is 4.12. The molecule has 0 aromatic carbocycles. The van der Waals surface area contributed by atoms with Gasteiger partial charge in [0.2, 0.25) is 11.8 Å². The fraction of sp³-hybridized carbons (Fsp3) is 0.583. The molecule has 1 fully saturated rings. The van der Waals surface area contributed by atoms with Crippen LogP contribution < -0.4 is 10.5 Å². The summed E-state index contributed by atoms with van der Waals surface area (Å²) in [6, 6.07) is 0. The fourth-order valence-electron chi connectivity index (χ4n) is 2.36. The van der Waals surface area contributed by atoms with Crippen molar-refractivity contribution in [1.82, 2.24) is 19.5 Å². The average Bonchev–Trinajstić information content (AvgIpc) is 3.16. The normalized spacial score (nSPS) is 17.0. The number of methoxy groups -OCH3 is 1. The molecule has 2 aromatic rings. The van der Waals surface area contributed by atoms with Gasteiger partial charge in [-0.05, 0) is 24.7 Å². The van der Waals surface area contributed by atoms with Crippen molar-refractivity contribution in [2.24, 2.45) is 11.8 Å². The summed E-state index contributed by atoms with van der Waals surface area (Å²) in [5.74, 6) is 2.39. The Morgan fingerprint density at radius 3 is 2.94 bits per heavy atom. The monoisotopic (exact) mass is 247 g/mol. The summed E-state index contributed by atoms with van der Waals surface area (Å²) in [5, 5.41) is 0. The smallest absolute Gasteiger partial charge is 0.245 e. The predicted octanol–water partition coefficient (Wildman–Crippen LogP) is 1.46. The fourth-order valence-corrected chi connectivity index (χ4v) is 2.36. The first-order valence-corrected chi connectivity index (χ1v) is 6.21. The van der Waals surface area contributed by atoms with Gasteiger partial charge in [0, 0.05) is 6.54 Å². The van der Waals surface area contributed by atoms with Gasteiger partial charge in [-0.2, -0.15) is 4.98 Å². The van der Waals surface area contributed by atoms with Crippen molar-refractivity contribution in [3.05, 3.63) is 6.33 Å². The van der Waals surface area contributed by atoms with Gasteiger partial charge in [0.1, 0.15) is 6.33 Å². The number of nitrogen functional groups attached to an aromatic ring is 1. The molecule has 3 rings (SSSR count). The maximum Gasteiger partial charge on any atom is 0.245 e. The second-order valence-electron chi connectivity index (χ2n) is 4.95. The number of nitrogens with zero attached hydrogens (tertiary/aromatic N) is 4. The highest BCUT2D eigenvalue weighted by atomic mass is 16.5. The van der Waals surface area contributed by atoms with E-state index in [1.54, 1.807) is 7.11 Å². The Morgan fingerprint density at radius 2 is 2.28 bits per heavy atom. The maximum absolute atomic E-state index is 5.97. The number of hydrogen-bond acceptors (Lipinski definition) is 5. The van der Waals surface area contributed by atoms with Crippen LogP contribution in [0.25, 0.3) is 11.2 Å². The number of aromatic nitrogens is 4. The highest BCUT2D eigenvalue weighted by molar-refractivity contribution is 5.78. The van der Waals surface area contributed by atoms with E-state index in [1.165, 1.54) is 19.2 Å². The van der Waals surface area contributed by atoms with Crippen LogP contribution in [0.1, 0.15) is 19.8 Å². The van der Waals surface area contributed by atoms with E-state index >= 15 is 0 Å². The van der Waals surface area contributed by atoms with Gasteiger partial charge in [-0.3, -0.25) is 4.57 Å². The van der Waals surface area contributed by atoms with Gasteiger partial charge in [-0.1, -0.05) is 6.92 Å². The summed E-state index contributed by atoms with van der Waals surface area (Å²) in [6.45, 7) is 3.11. The zero-order valence-electron chi connectivity index (χ0n) is 10.6. The standard InChI is InChI=1S/C12H17N5O/c1-7(8-3-4-8)5-17-10-9(16-12(17)13)11(18-2)15-6-14-10/h6-8H,3-5H2,1-2H3,(H2,13,16). The van der Waals surface area contributed by atoms with Gasteiger partial charge >= 0.3 is 0 Å². The predicted molar refractivity (Wildman–Crippen MR) is 68.2 cm³/mol. The Bertz CT molecular complexity index is 575. The number of fused-ring (bicyclic) bond motifs is 1. The molecule has 2 heterocycles. The van der Waals surface area contributed by atoms with Crippen LogP contribution in [-0.2, 0) is 6.54 Å². The molecule has 18 heavy (non-hydrogen) atoms. The number of imidazole rings is 1. The number of nitrogens with two attached hydrogens (primary N) is 1. The summed E-state index contributed by atoms with van der Waals surface area (Å²) in [5.41, 5.74) is 7.37. The molecule has 1 aliphatic rings. The molecule has 2 aromatic heterocycles. The van der Waals surface area contributed by atoms with Gasteiger partial charge < -0.3 is 10.5 Å². The van der Waals surface area contributed by atoms with Crippen molar-refractivity contribution in [3.63, 3.8) is 0 Å². The van der Waals surface area contributed by atoms with Crippen LogP contribution in [0.15, 0.2) is 6.33 Å². The van der Waals surface area contributed by atoms with Crippen LogP contribution in [0.4, 0.5) is 5.95 Å². The van der Waals surface area contributed by atoms with Gasteiger partial charge in [0.25, 0.3) is 0 Å². The van der Waals surface area contributed by atoms with Crippen LogP contribution in [-0.4, -0.2) is 26.6 Å². The third-order valence-corrected chi connectivity index (χ3v) is 3.62. The van der Waals surface area contributed by atoms with Crippen LogP contribution in [0.3, 0.4) is 0 Å². The van der Waals surface area contributed by atoms with Gasteiger partial charge in [-0.15, -0.1) is 0 Å². The van der Waals surface area contributed by atoms with Crippen molar-refractivity contribution >= 4 is 17.1 Å². The van der Waals surface area contributed by atoms with Crippen LogP contribution >= 0.6 is 0 Å². The molecule has 6 nitrogen and oxygen atoms in total. The van der Waals surface area contributed by atoms with E-state index in [0.29, 0.717) is 23.3 Å². The van der Waals surface area contributed by atoms with Gasteiger partial charge in [0.05, 0.1) is 7.11 Å². The Labute approximate surface area is 105 Å². The van der Waals surface area contributed by atoms with Gasteiger partial charge in [0.15, 0.2) is 11.2 Å². The molecule has 0 saturated heterocycles. The molecule has 1 saturated carbocycles. The number of anilines is 1. The summed E-state index contributed by atoms with van der Waals surface area (Å²) in [6.07, 6.45) is 4.14. The lowest BCUT2D eigenvalue weighted by molar-refractivity contribution is 0.401. The Balaban J connectivity index is 2.02. The molecule has 0 bridgehead atoms. The molecule has 1 unspecified atom stereocenters. The average molecular weight is 247 g/mol. The lowest BCUT2D eigenvalue weighted by Crippen LogP contribution is -2.12.